The summed E-state index contributed by atoms with van der Waals surface area (Å²) in [5.74, 6) is 0.110. The van der Waals surface area contributed by atoms with Crippen LogP contribution in [-0.2, 0) is 11.8 Å². The summed E-state index contributed by atoms with van der Waals surface area (Å²) in [5.41, 5.74) is 3.97. The number of aromatic amines is 2. The molecule has 0 atom stereocenters. The fraction of sp³-hybridized carbons (Fsp3) is 0.0909. The lowest BCUT2D eigenvalue weighted by molar-refractivity contribution is 0.599. The zero-order valence-electron chi connectivity index (χ0n) is 14.8. The number of halogens is 2. The summed E-state index contributed by atoms with van der Waals surface area (Å²) in [6, 6.07) is 12.9. The summed E-state index contributed by atoms with van der Waals surface area (Å²) in [7, 11) is 0. The molecule has 0 saturated carbocycles. The van der Waals surface area contributed by atoms with E-state index in [1.807, 2.05) is 6.08 Å². The topological polar surface area (TPSA) is 57.4 Å². The van der Waals surface area contributed by atoms with Crippen LogP contribution in [0.5, 0.6) is 0 Å². The van der Waals surface area contributed by atoms with E-state index in [1.54, 1.807) is 36.7 Å². The highest BCUT2D eigenvalue weighted by Gasteiger charge is 2.37. The SMILES string of the molecule is Fc1ccc(C2(c3ccc(F)cc3)C=Cc3c(-c4ncc[nH]4)n[nH]c3C2)cc1. The van der Waals surface area contributed by atoms with Gasteiger partial charge in [-0.25, -0.2) is 13.8 Å². The van der Waals surface area contributed by atoms with Gasteiger partial charge in [0.1, 0.15) is 17.3 Å². The van der Waals surface area contributed by atoms with Gasteiger partial charge in [-0.2, -0.15) is 5.10 Å². The van der Waals surface area contributed by atoms with Crippen LogP contribution in [0.2, 0.25) is 0 Å². The van der Waals surface area contributed by atoms with Gasteiger partial charge in [-0.05, 0) is 35.4 Å². The molecule has 6 heteroatoms. The Kier molecular flexibility index (Phi) is 3.72. The van der Waals surface area contributed by atoms with Crippen LogP contribution in [0, 0.1) is 11.6 Å². The predicted molar refractivity (Wildman–Crippen MR) is 102 cm³/mol. The van der Waals surface area contributed by atoms with Crippen molar-refractivity contribution in [2.24, 2.45) is 0 Å². The number of hydrogen-bond acceptors (Lipinski definition) is 2. The molecule has 138 valence electrons. The van der Waals surface area contributed by atoms with Crippen LogP contribution >= 0.6 is 0 Å². The smallest absolute Gasteiger partial charge is 0.158 e. The van der Waals surface area contributed by atoms with Crippen LogP contribution < -0.4 is 0 Å². The number of hydrogen-bond donors (Lipinski definition) is 2. The molecule has 0 bridgehead atoms. The standard InChI is InChI=1S/C22H16F2N4/c23-16-5-1-14(2-6-16)22(15-3-7-17(24)8-4-15)10-9-18-19(13-22)27-28-20(18)21-25-11-12-26-21/h1-12H,13H2,(H,25,26)(H,27,28). The number of fused-ring (bicyclic) bond motifs is 1. The van der Waals surface area contributed by atoms with Crippen molar-refractivity contribution < 1.29 is 8.78 Å². The van der Waals surface area contributed by atoms with Crippen LogP contribution in [-0.4, -0.2) is 20.2 Å². The maximum absolute atomic E-state index is 13.5. The molecular weight excluding hydrogens is 358 g/mol. The zero-order valence-corrected chi connectivity index (χ0v) is 14.8. The molecule has 28 heavy (non-hydrogen) atoms. The molecule has 2 aromatic carbocycles. The Hall–Kier alpha value is -3.54. The summed E-state index contributed by atoms with van der Waals surface area (Å²) >= 11 is 0. The number of imidazole rings is 1. The second-order valence-electron chi connectivity index (χ2n) is 6.90. The van der Waals surface area contributed by atoms with Crippen molar-refractivity contribution in [2.75, 3.05) is 0 Å². The van der Waals surface area contributed by atoms with Gasteiger partial charge in [-0.15, -0.1) is 0 Å². The number of allylic oxidation sites excluding steroid dienone is 1. The van der Waals surface area contributed by atoms with E-state index in [0.29, 0.717) is 12.2 Å². The van der Waals surface area contributed by atoms with Crippen molar-refractivity contribution >= 4 is 6.08 Å². The zero-order chi connectivity index (χ0) is 19.1. The molecule has 5 rings (SSSR count). The van der Waals surface area contributed by atoms with Crippen LogP contribution in [0.1, 0.15) is 22.4 Å². The van der Waals surface area contributed by atoms with Gasteiger partial charge in [-0.1, -0.05) is 36.4 Å². The number of H-pyrrole nitrogens is 2. The molecule has 0 unspecified atom stereocenters. The first-order chi connectivity index (χ1) is 13.7. The fourth-order valence-electron chi connectivity index (χ4n) is 3.90. The van der Waals surface area contributed by atoms with E-state index in [4.69, 9.17) is 0 Å². The summed E-state index contributed by atoms with van der Waals surface area (Å²) in [5, 5.41) is 7.55. The molecule has 0 spiro atoms. The Morgan fingerprint density at radius 3 is 2.11 bits per heavy atom. The van der Waals surface area contributed by atoms with E-state index in [-0.39, 0.29) is 11.6 Å². The third kappa shape index (κ3) is 2.57. The Morgan fingerprint density at radius 2 is 1.54 bits per heavy atom. The van der Waals surface area contributed by atoms with E-state index in [9.17, 15) is 8.78 Å². The van der Waals surface area contributed by atoms with Gasteiger partial charge >= 0.3 is 0 Å². The average molecular weight is 374 g/mol. The van der Waals surface area contributed by atoms with Crippen molar-refractivity contribution in [3.8, 4) is 11.5 Å². The van der Waals surface area contributed by atoms with Crippen LogP contribution in [0.25, 0.3) is 17.6 Å². The molecule has 0 amide bonds. The highest BCUT2D eigenvalue weighted by molar-refractivity contribution is 5.73. The van der Waals surface area contributed by atoms with E-state index in [2.05, 4.69) is 26.2 Å². The van der Waals surface area contributed by atoms with Gasteiger partial charge in [0.05, 0.1) is 0 Å². The molecule has 1 aliphatic carbocycles. The fourth-order valence-corrected chi connectivity index (χ4v) is 3.90. The number of nitrogens with one attached hydrogen (secondary N) is 2. The van der Waals surface area contributed by atoms with Gasteiger partial charge in [0.2, 0.25) is 0 Å². The molecule has 2 aromatic heterocycles. The average Bonchev–Trinajstić information content (AvgIpc) is 3.38. The minimum atomic E-state index is -0.554. The molecule has 0 aliphatic heterocycles. The van der Waals surface area contributed by atoms with Gasteiger partial charge in [0.15, 0.2) is 5.82 Å². The third-order valence-electron chi connectivity index (χ3n) is 5.31. The monoisotopic (exact) mass is 374 g/mol. The molecular formula is C22H16F2N4. The number of nitrogens with zero attached hydrogens (tertiary/aromatic N) is 2. The highest BCUT2D eigenvalue weighted by Crippen LogP contribution is 2.42. The van der Waals surface area contributed by atoms with Gasteiger partial charge < -0.3 is 4.98 Å². The van der Waals surface area contributed by atoms with E-state index in [1.165, 1.54) is 24.3 Å². The Balaban J connectivity index is 1.66. The van der Waals surface area contributed by atoms with Crippen LogP contribution in [0.3, 0.4) is 0 Å². The lowest BCUT2D eigenvalue weighted by atomic mass is 9.68. The first kappa shape index (κ1) is 16.6. The number of aromatic nitrogens is 4. The molecule has 1 aliphatic rings. The van der Waals surface area contributed by atoms with Crippen molar-refractivity contribution in [1.29, 1.82) is 0 Å². The molecule has 4 nitrogen and oxygen atoms in total. The maximum Gasteiger partial charge on any atom is 0.158 e. The number of rotatable bonds is 3. The van der Waals surface area contributed by atoms with Gasteiger partial charge in [0.25, 0.3) is 0 Å². The summed E-state index contributed by atoms with van der Waals surface area (Å²) in [4.78, 5) is 7.36. The molecule has 0 fully saturated rings. The lowest BCUT2D eigenvalue weighted by Crippen LogP contribution is -2.30. The quantitative estimate of drug-likeness (QED) is 0.549. The summed E-state index contributed by atoms with van der Waals surface area (Å²) in [6.07, 6.45) is 8.11. The Labute approximate surface area is 160 Å². The Morgan fingerprint density at radius 1 is 0.893 bits per heavy atom. The van der Waals surface area contributed by atoms with E-state index >= 15 is 0 Å². The first-order valence-corrected chi connectivity index (χ1v) is 8.94. The molecule has 0 radical (unpaired) electrons. The predicted octanol–water partition coefficient (Wildman–Crippen LogP) is 4.63. The second-order valence-corrected chi connectivity index (χ2v) is 6.90. The normalized spacial score (nSPS) is 14.8. The van der Waals surface area contributed by atoms with E-state index < -0.39 is 5.41 Å². The van der Waals surface area contributed by atoms with Crippen molar-refractivity contribution in [3.05, 3.63) is 101 Å². The van der Waals surface area contributed by atoms with Crippen molar-refractivity contribution in [1.82, 2.24) is 20.2 Å². The van der Waals surface area contributed by atoms with Gasteiger partial charge in [-0.3, -0.25) is 5.10 Å². The lowest BCUT2D eigenvalue weighted by Gasteiger charge is -2.34. The van der Waals surface area contributed by atoms with Crippen molar-refractivity contribution in [2.45, 2.75) is 11.8 Å². The molecule has 0 saturated heterocycles. The summed E-state index contributed by atoms with van der Waals surface area (Å²) in [6.45, 7) is 0. The molecule has 4 aromatic rings. The maximum atomic E-state index is 13.5. The second kappa shape index (κ2) is 6.27. The minimum absolute atomic E-state index is 0.292. The van der Waals surface area contributed by atoms with Crippen molar-refractivity contribution in [3.63, 3.8) is 0 Å². The van der Waals surface area contributed by atoms with Gasteiger partial charge in [0, 0.05) is 35.5 Å². The highest BCUT2D eigenvalue weighted by atomic mass is 19.1. The Bertz CT molecular complexity index is 1090. The van der Waals surface area contributed by atoms with Crippen LogP contribution in [0.4, 0.5) is 8.78 Å². The molecule has 2 heterocycles. The first-order valence-electron chi connectivity index (χ1n) is 8.94. The van der Waals surface area contributed by atoms with E-state index in [0.717, 1.165) is 28.1 Å². The minimum Gasteiger partial charge on any atom is -0.343 e. The number of benzene rings is 2. The molecule has 2 N–H and O–H groups in total. The van der Waals surface area contributed by atoms with Crippen LogP contribution in [0.15, 0.2) is 67.0 Å². The largest absolute Gasteiger partial charge is 0.343 e. The third-order valence-corrected chi connectivity index (χ3v) is 5.31. The summed E-state index contributed by atoms with van der Waals surface area (Å²) < 4.78 is 27.1.